The first-order chi connectivity index (χ1) is 9.29. The Morgan fingerprint density at radius 3 is 2.35 bits per heavy atom. The molecule has 0 aliphatic rings. The Balaban J connectivity index is 5.06. The minimum Gasteiger partial charge on any atom is -0.376 e. The van der Waals surface area contributed by atoms with Gasteiger partial charge in [0.15, 0.2) is 0 Å². The Morgan fingerprint density at radius 2 is 1.95 bits per heavy atom. The lowest BCUT2D eigenvalue weighted by molar-refractivity contribution is 0.0587. The number of methoxy groups -OCH3 is 1. The Morgan fingerprint density at radius 1 is 1.35 bits per heavy atom. The van der Waals surface area contributed by atoms with Crippen LogP contribution >= 0.6 is 0 Å². The molecule has 0 heterocycles. The van der Waals surface area contributed by atoms with E-state index in [1.54, 1.807) is 13.2 Å². The fourth-order valence-electron chi connectivity index (χ4n) is 2.32. The number of hydrogen-bond donors (Lipinski definition) is 1. The number of ether oxygens (including phenoxy) is 1. The highest BCUT2D eigenvalue weighted by atomic mass is 19.1. The average molecular weight is 286 g/mol. The quantitative estimate of drug-likeness (QED) is 0.662. The fourth-order valence-corrected chi connectivity index (χ4v) is 2.32. The molecule has 0 aromatic rings. The Labute approximate surface area is 123 Å². The summed E-state index contributed by atoms with van der Waals surface area (Å²) in [4.78, 5) is 2.15. The van der Waals surface area contributed by atoms with E-state index in [0.717, 1.165) is 13.0 Å². The van der Waals surface area contributed by atoms with Crippen LogP contribution in [0.1, 0.15) is 33.6 Å². The van der Waals surface area contributed by atoms with Crippen LogP contribution in [0.15, 0.2) is 23.6 Å². The normalized spacial score (nSPS) is 15.8. The summed E-state index contributed by atoms with van der Waals surface area (Å²) >= 11 is 0. The molecule has 20 heavy (non-hydrogen) atoms. The van der Waals surface area contributed by atoms with E-state index < -0.39 is 0 Å². The van der Waals surface area contributed by atoms with Crippen molar-refractivity contribution in [3.8, 4) is 0 Å². The van der Waals surface area contributed by atoms with Gasteiger partial charge in [-0.3, -0.25) is 0 Å². The third kappa shape index (κ3) is 6.16. The van der Waals surface area contributed by atoms with Crippen molar-refractivity contribution in [3.05, 3.63) is 23.6 Å². The molecule has 0 aliphatic heterocycles. The average Bonchev–Trinajstić information content (AvgIpc) is 2.36. The van der Waals surface area contributed by atoms with Crippen molar-refractivity contribution in [3.63, 3.8) is 0 Å². The Bertz CT molecular complexity index is 335. The zero-order chi connectivity index (χ0) is 15.8. The van der Waals surface area contributed by atoms with E-state index in [0.29, 0.717) is 6.54 Å². The van der Waals surface area contributed by atoms with Gasteiger partial charge in [-0.05, 0) is 40.1 Å². The molecule has 4 heteroatoms. The van der Waals surface area contributed by atoms with E-state index in [1.165, 1.54) is 5.57 Å². The van der Waals surface area contributed by atoms with Gasteiger partial charge in [0, 0.05) is 25.5 Å². The summed E-state index contributed by atoms with van der Waals surface area (Å²) in [5.41, 5.74) is 6.41. The number of allylic oxidation sites excluding steroid dienone is 1. The van der Waals surface area contributed by atoms with Gasteiger partial charge < -0.3 is 15.4 Å². The monoisotopic (exact) mass is 286 g/mol. The predicted molar refractivity (Wildman–Crippen MR) is 84.4 cm³/mol. The van der Waals surface area contributed by atoms with E-state index in [-0.39, 0.29) is 23.8 Å². The highest BCUT2D eigenvalue weighted by Gasteiger charge is 2.31. The van der Waals surface area contributed by atoms with Crippen molar-refractivity contribution in [1.29, 1.82) is 0 Å². The number of hydrogen-bond acceptors (Lipinski definition) is 3. The molecular weight excluding hydrogens is 255 g/mol. The molecule has 118 valence electrons. The maximum atomic E-state index is 13.7. The van der Waals surface area contributed by atoms with E-state index in [1.807, 2.05) is 6.92 Å². The molecule has 0 spiro atoms. The first-order valence-corrected chi connectivity index (χ1v) is 7.19. The lowest BCUT2D eigenvalue weighted by Crippen LogP contribution is -2.33. The zero-order valence-corrected chi connectivity index (χ0v) is 13.9. The molecule has 0 amide bonds. The molecule has 1 unspecified atom stereocenters. The van der Waals surface area contributed by atoms with Gasteiger partial charge >= 0.3 is 0 Å². The van der Waals surface area contributed by atoms with Gasteiger partial charge in [-0.1, -0.05) is 25.5 Å². The largest absolute Gasteiger partial charge is 0.376 e. The Hall–Kier alpha value is -0.710. The molecule has 3 nitrogen and oxygen atoms in total. The van der Waals surface area contributed by atoms with E-state index in [2.05, 4.69) is 38.9 Å². The number of nitrogens with two attached hydrogens (primary N) is 1. The van der Waals surface area contributed by atoms with Crippen molar-refractivity contribution >= 4 is 0 Å². The van der Waals surface area contributed by atoms with Crippen molar-refractivity contribution in [1.82, 2.24) is 4.90 Å². The number of halogens is 1. The molecule has 0 bridgehead atoms. The second-order valence-corrected chi connectivity index (χ2v) is 5.90. The van der Waals surface area contributed by atoms with E-state index >= 15 is 0 Å². The van der Waals surface area contributed by atoms with Crippen molar-refractivity contribution in [2.45, 2.75) is 39.7 Å². The van der Waals surface area contributed by atoms with Crippen LogP contribution in [-0.4, -0.2) is 45.3 Å². The summed E-state index contributed by atoms with van der Waals surface area (Å²) < 4.78 is 19.2. The van der Waals surface area contributed by atoms with Crippen molar-refractivity contribution in [2.24, 2.45) is 11.1 Å². The fraction of sp³-hybridized carbons (Fsp3) is 0.750. The summed E-state index contributed by atoms with van der Waals surface area (Å²) in [6, 6.07) is 0. The van der Waals surface area contributed by atoms with Crippen LogP contribution in [0.5, 0.6) is 0 Å². The molecule has 0 rings (SSSR count). The van der Waals surface area contributed by atoms with Crippen LogP contribution in [0.25, 0.3) is 0 Å². The van der Waals surface area contributed by atoms with Crippen LogP contribution in [0.3, 0.4) is 0 Å². The maximum absolute atomic E-state index is 13.7. The van der Waals surface area contributed by atoms with Gasteiger partial charge in [0.05, 0.1) is 11.9 Å². The third-order valence-corrected chi connectivity index (χ3v) is 3.69. The van der Waals surface area contributed by atoms with Crippen LogP contribution in [0.2, 0.25) is 0 Å². The van der Waals surface area contributed by atoms with Gasteiger partial charge in [0.1, 0.15) is 0 Å². The Kier molecular flexibility index (Phi) is 8.94. The zero-order valence-electron chi connectivity index (χ0n) is 13.9. The molecule has 2 N–H and O–H groups in total. The number of nitrogens with zero attached hydrogens (tertiary/aromatic N) is 1. The second-order valence-electron chi connectivity index (χ2n) is 5.90. The van der Waals surface area contributed by atoms with Crippen molar-refractivity contribution < 1.29 is 9.13 Å². The molecule has 0 radical (unpaired) electrons. The van der Waals surface area contributed by atoms with Crippen molar-refractivity contribution in [2.75, 3.05) is 34.3 Å². The van der Waals surface area contributed by atoms with Gasteiger partial charge in [0.25, 0.3) is 0 Å². The summed E-state index contributed by atoms with van der Waals surface area (Å²) in [7, 11) is 5.72. The summed E-state index contributed by atoms with van der Waals surface area (Å²) in [6.45, 7) is 7.50. The number of rotatable bonds is 9. The van der Waals surface area contributed by atoms with Gasteiger partial charge in [-0.2, -0.15) is 0 Å². The van der Waals surface area contributed by atoms with Gasteiger partial charge in [0.2, 0.25) is 0 Å². The van der Waals surface area contributed by atoms with Gasteiger partial charge in [-0.15, -0.1) is 0 Å². The maximum Gasteiger partial charge on any atom is 0.0998 e. The van der Waals surface area contributed by atoms with Crippen LogP contribution < -0.4 is 5.73 Å². The summed E-state index contributed by atoms with van der Waals surface area (Å²) in [5, 5.41) is 0. The van der Waals surface area contributed by atoms with Crippen LogP contribution in [-0.2, 0) is 4.74 Å². The topological polar surface area (TPSA) is 38.5 Å². The highest BCUT2D eigenvalue weighted by Crippen LogP contribution is 2.35. The molecule has 0 saturated heterocycles. The molecule has 0 aromatic heterocycles. The van der Waals surface area contributed by atoms with E-state index in [9.17, 15) is 4.39 Å². The minimum absolute atomic E-state index is 0.199. The molecule has 0 aliphatic carbocycles. The second kappa shape index (κ2) is 9.27. The first kappa shape index (κ1) is 19.3. The molecule has 0 fully saturated rings. The highest BCUT2D eigenvalue weighted by molar-refractivity contribution is 5.18. The summed E-state index contributed by atoms with van der Waals surface area (Å²) in [6.07, 6.45) is 4.60. The lowest BCUT2D eigenvalue weighted by atomic mass is 9.76. The lowest BCUT2D eigenvalue weighted by Gasteiger charge is -2.35. The molecule has 1 atom stereocenters. The minimum atomic E-state index is -0.289. The smallest absolute Gasteiger partial charge is 0.0998 e. The van der Waals surface area contributed by atoms with Crippen LogP contribution in [0.4, 0.5) is 4.39 Å². The summed E-state index contributed by atoms with van der Waals surface area (Å²) in [5.74, 6) is -0.199. The van der Waals surface area contributed by atoms with Crippen LogP contribution in [0, 0.1) is 5.41 Å². The SMILES string of the molecule is CC=C(CCN(C)C)C(C)(C)C(/C=C(/F)CCN)OC. The third-order valence-electron chi connectivity index (χ3n) is 3.69. The van der Waals surface area contributed by atoms with Gasteiger partial charge in [-0.25, -0.2) is 4.39 Å². The molecule has 0 saturated carbocycles. The predicted octanol–water partition coefficient (Wildman–Crippen LogP) is 3.13. The standard InChI is InChI=1S/C16H31FN2O/c1-7-13(9-11-19(4)5)16(2,3)15(20-6)12-14(17)8-10-18/h7,12,15H,8-11,18H2,1-6H3/b13-7?,14-12+. The molecule has 0 aromatic carbocycles. The molecular formula is C16H31FN2O. The first-order valence-electron chi connectivity index (χ1n) is 7.19. The van der Waals surface area contributed by atoms with E-state index in [4.69, 9.17) is 10.5 Å².